The van der Waals surface area contributed by atoms with Crippen molar-refractivity contribution in [2.75, 3.05) is 77.8 Å². The van der Waals surface area contributed by atoms with E-state index in [0.29, 0.717) is 25.9 Å². The zero-order chi connectivity index (χ0) is 57.9. The number of nitrogens with zero attached hydrogens (tertiary/aromatic N) is 2. The second-order valence-electron chi connectivity index (χ2n) is 22.8. The minimum Gasteiger partial charge on any atom is -0.385 e. The first-order valence-electron chi connectivity index (χ1n) is 28.0. The number of phosphoric acid groups is 2. The molecule has 0 bridgehead atoms. The van der Waals surface area contributed by atoms with E-state index in [2.05, 4.69) is 214 Å². The summed E-state index contributed by atoms with van der Waals surface area (Å²) in [6.07, 6.45) is 22.6. The molecule has 12 nitrogen and oxygen atoms in total. The van der Waals surface area contributed by atoms with Crippen LogP contribution in [0.5, 0.6) is 0 Å². The van der Waals surface area contributed by atoms with Gasteiger partial charge in [-0.2, -0.15) is 0 Å². The van der Waals surface area contributed by atoms with Gasteiger partial charge in [0.2, 0.25) is 0 Å². The van der Waals surface area contributed by atoms with E-state index in [1.165, 1.54) is 81.3 Å². The molecule has 80 heavy (non-hydrogen) atoms. The predicted molar refractivity (Wildman–Crippen MR) is 327 cm³/mol. The van der Waals surface area contributed by atoms with Crippen LogP contribution in [-0.4, -0.2) is 77.7 Å². The summed E-state index contributed by atoms with van der Waals surface area (Å²) in [5.74, 6) is 0. The Bertz CT molecular complexity index is 3140. The number of anilines is 2. The van der Waals surface area contributed by atoms with Gasteiger partial charge in [0.15, 0.2) is 0 Å². The van der Waals surface area contributed by atoms with Crippen molar-refractivity contribution in [3.05, 3.63) is 202 Å². The van der Waals surface area contributed by atoms with Crippen LogP contribution in [0.3, 0.4) is 0 Å². The molecule has 430 valence electrons. The minimum atomic E-state index is -3.98. The van der Waals surface area contributed by atoms with Crippen LogP contribution in [0, 0.1) is 0 Å². The quantitative estimate of drug-likeness (QED) is 0.0371. The second kappa shape index (κ2) is 26.8. The highest BCUT2D eigenvalue weighted by Crippen LogP contribution is 2.52. The molecule has 0 radical (unpaired) electrons. The summed E-state index contributed by atoms with van der Waals surface area (Å²) in [5.41, 5.74) is 17.7. The van der Waals surface area contributed by atoms with Crippen molar-refractivity contribution in [3.8, 4) is 0 Å². The van der Waals surface area contributed by atoms with Crippen molar-refractivity contribution >= 4 is 38.2 Å². The Balaban J connectivity index is 0.000000231. The van der Waals surface area contributed by atoms with Crippen LogP contribution in [0.2, 0.25) is 0 Å². The van der Waals surface area contributed by atoms with Crippen LogP contribution in [0.15, 0.2) is 168 Å². The summed E-state index contributed by atoms with van der Waals surface area (Å²) in [7, 11) is -2.10. The van der Waals surface area contributed by atoms with Gasteiger partial charge in [-0.05, 0) is 118 Å². The van der Waals surface area contributed by atoms with Crippen LogP contribution < -0.4 is 9.80 Å². The highest BCUT2D eigenvalue weighted by Gasteiger charge is 2.42. The second-order valence-corrected chi connectivity index (χ2v) is 25.9. The summed E-state index contributed by atoms with van der Waals surface area (Å²) < 4.78 is 53.3. The molecule has 2 heterocycles. The normalized spacial score (nSPS) is 20.0. The zero-order valence-electron chi connectivity index (χ0n) is 49.3. The molecule has 2 aliphatic carbocycles. The number of benzene rings is 4. The Morgan fingerprint density at radius 1 is 0.450 bits per heavy atom. The molecule has 0 saturated carbocycles. The first-order chi connectivity index (χ1) is 38.1. The van der Waals surface area contributed by atoms with E-state index in [0.717, 1.165) is 50.3 Å². The van der Waals surface area contributed by atoms with Crippen LogP contribution in [-0.2, 0) is 58.4 Å². The first-order valence-corrected chi connectivity index (χ1v) is 31.0. The highest BCUT2D eigenvalue weighted by atomic mass is 31.2. The third kappa shape index (κ3) is 13.8. The van der Waals surface area contributed by atoms with Crippen molar-refractivity contribution in [2.45, 2.75) is 116 Å². The zero-order valence-corrected chi connectivity index (χ0v) is 51.1. The number of fused-ring (bicyclic) bond motifs is 4. The monoisotopic (exact) mass is 1130 g/mol. The molecule has 8 rings (SSSR count). The largest absolute Gasteiger partial charge is 0.471 e. The molecule has 2 atom stereocenters. The van der Waals surface area contributed by atoms with E-state index in [9.17, 15) is 18.9 Å². The molecule has 0 spiro atoms. The number of phosphoric ester groups is 2. The van der Waals surface area contributed by atoms with E-state index in [4.69, 9.17) is 18.5 Å². The average molecular weight is 1130 g/mol. The molecule has 0 fully saturated rings. The van der Waals surface area contributed by atoms with Crippen molar-refractivity contribution in [2.24, 2.45) is 0 Å². The standard InChI is InChI=1S/C34H44NO5P.C32H42NO5P/c1-33(2)28(27(17-14-24-38-5)26-16-10-11-19-29(26)33)18-8-7-9-22-32-34(3,4)30-20-12-13-21-31(30)35(32)23-15-25-40-41(36,37)39-6;1-31(2)26-16-8-7-14-24(26)25(15-12-22-36-5)27(31)18-11-20-30-32(3,4)28-17-9-10-19-29(28)33(30)21-13-23-38-39(34,35)37-6/h7-13,16,18-22H,14-15,17,23-25H2,1-6H3,(H,36,37);7-11,14,16-20H,12-13,15,21-23H2,1-6H3,(H,34,35)/b9-7+,18-8+,32-22+;18-11+,30-20+. The Labute approximate surface area is 477 Å². The molecule has 0 aromatic heterocycles. The Hall–Kier alpha value is -5.20. The number of allylic oxidation sites excluding steroid dienone is 14. The molecule has 4 aromatic rings. The van der Waals surface area contributed by atoms with E-state index in [-0.39, 0.29) is 34.9 Å². The first kappa shape index (κ1) is 62.4. The summed E-state index contributed by atoms with van der Waals surface area (Å²) >= 11 is 0. The molecule has 2 N–H and O–H groups in total. The van der Waals surface area contributed by atoms with Gasteiger partial charge >= 0.3 is 15.6 Å². The van der Waals surface area contributed by atoms with Gasteiger partial charge in [0.25, 0.3) is 0 Å². The Morgan fingerprint density at radius 2 is 0.825 bits per heavy atom. The maximum Gasteiger partial charge on any atom is 0.471 e. The number of hydrogen-bond acceptors (Lipinski definition) is 10. The summed E-state index contributed by atoms with van der Waals surface area (Å²) in [4.78, 5) is 23.8. The van der Waals surface area contributed by atoms with Crippen molar-refractivity contribution in [1.82, 2.24) is 0 Å². The SMILES string of the molecule is COCCCC1=C(/C=C/C=C/C=C2/N(CCCOP(=O)(O)OC)c3ccccc3C2(C)C)C(C)(C)c2ccccc21.COCCCC1=C(/C=C/C=C2/N(CCCOP(=O)(O)OC)c3ccccc3C2(C)C)C(C)(C)c2ccccc21. The Kier molecular flexibility index (Phi) is 20.9. The molecule has 4 aliphatic rings. The predicted octanol–water partition coefficient (Wildman–Crippen LogP) is 15.7. The number of para-hydroxylation sites is 2. The fourth-order valence-electron chi connectivity index (χ4n) is 12.1. The molecule has 0 amide bonds. The Morgan fingerprint density at radius 3 is 1.24 bits per heavy atom. The van der Waals surface area contributed by atoms with Crippen molar-refractivity contribution < 1.29 is 46.5 Å². The average Bonchev–Trinajstić information content (AvgIpc) is 4.23. The topological polar surface area (TPSA) is 136 Å². The lowest BCUT2D eigenvalue weighted by molar-refractivity contribution is 0.171. The highest BCUT2D eigenvalue weighted by molar-refractivity contribution is 7.47. The van der Waals surface area contributed by atoms with Gasteiger partial charge in [-0.15, -0.1) is 0 Å². The van der Waals surface area contributed by atoms with Crippen LogP contribution in [0.4, 0.5) is 11.4 Å². The van der Waals surface area contributed by atoms with Gasteiger partial charge in [0.05, 0.1) is 13.2 Å². The number of ether oxygens (including phenoxy) is 2. The van der Waals surface area contributed by atoms with Crippen molar-refractivity contribution in [1.29, 1.82) is 0 Å². The third-order valence-corrected chi connectivity index (χ3v) is 18.2. The molecular formula is C66H86N2O10P2. The van der Waals surface area contributed by atoms with Gasteiger partial charge in [-0.1, -0.05) is 177 Å². The summed E-state index contributed by atoms with van der Waals surface area (Å²) in [5, 5.41) is 0. The molecule has 2 unspecified atom stereocenters. The van der Waals surface area contributed by atoms with Gasteiger partial charge in [-0.25, -0.2) is 9.13 Å². The number of methoxy groups -OCH3 is 2. The lowest BCUT2D eigenvalue weighted by Crippen LogP contribution is -2.27. The maximum absolute atomic E-state index is 11.7. The molecule has 4 aromatic carbocycles. The maximum atomic E-state index is 11.7. The van der Waals surface area contributed by atoms with E-state index >= 15 is 0 Å². The van der Waals surface area contributed by atoms with E-state index in [1.54, 1.807) is 14.2 Å². The van der Waals surface area contributed by atoms with Crippen LogP contribution in [0.1, 0.15) is 127 Å². The van der Waals surface area contributed by atoms with Crippen LogP contribution in [0.25, 0.3) is 11.1 Å². The summed E-state index contributed by atoms with van der Waals surface area (Å²) in [6.45, 7) is 21.3. The smallest absolute Gasteiger partial charge is 0.385 e. The number of rotatable bonds is 25. The molecule has 14 heteroatoms. The molecular weight excluding hydrogens is 1040 g/mol. The van der Waals surface area contributed by atoms with E-state index in [1.807, 2.05) is 6.07 Å². The summed E-state index contributed by atoms with van der Waals surface area (Å²) in [6, 6.07) is 34.4. The minimum absolute atomic E-state index is 0.0584. The fourth-order valence-corrected chi connectivity index (χ4v) is 13.1. The van der Waals surface area contributed by atoms with Gasteiger partial charge in [0, 0.05) is 99.2 Å². The van der Waals surface area contributed by atoms with Gasteiger partial charge in [-0.3, -0.25) is 18.1 Å². The van der Waals surface area contributed by atoms with Crippen LogP contribution >= 0.6 is 15.6 Å². The van der Waals surface area contributed by atoms with Gasteiger partial charge in [0.1, 0.15) is 0 Å². The lowest BCUT2D eigenvalue weighted by atomic mass is 9.80. The fraction of sp³-hybridized carbons (Fsp3) is 0.424. The van der Waals surface area contributed by atoms with E-state index < -0.39 is 15.6 Å². The molecule has 0 saturated heterocycles. The van der Waals surface area contributed by atoms with Gasteiger partial charge < -0.3 is 29.1 Å². The number of hydrogen-bond donors (Lipinski definition) is 2. The molecule has 2 aliphatic heterocycles. The van der Waals surface area contributed by atoms with Crippen molar-refractivity contribution in [3.63, 3.8) is 0 Å². The lowest BCUT2D eigenvalue weighted by Gasteiger charge is -2.27. The third-order valence-electron chi connectivity index (χ3n) is 16.3.